The summed E-state index contributed by atoms with van der Waals surface area (Å²) in [7, 11) is 1.70. The average molecular weight is 254 g/mol. The van der Waals surface area contributed by atoms with E-state index in [1.165, 1.54) is 10.9 Å². The van der Waals surface area contributed by atoms with Gasteiger partial charge in [-0.15, -0.1) is 0 Å². The number of nitrogens with zero attached hydrogens (tertiary/aromatic N) is 2. The molecule has 0 radical (unpaired) electrons. The summed E-state index contributed by atoms with van der Waals surface area (Å²) >= 11 is 0. The second kappa shape index (κ2) is 4.71. The van der Waals surface area contributed by atoms with Gasteiger partial charge in [0.2, 0.25) is 0 Å². The van der Waals surface area contributed by atoms with E-state index in [1.807, 2.05) is 12.1 Å². The number of rotatable bonds is 3. The number of hydrogen-bond donors (Lipinski definition) is 0. The molecule has 2 aromatic rings. The molecule has 3 heteroatoms. The Bertz CT molecular complexity index is 630. The topological polar surface area (TPSA) is 38.0 Å². The Hall–Kier alpha value is -1.79. The first-order chi connectivity index (χ1) is 9.30. The Morgan fingerprint density at radius 2 is 2.05 bits per heavy atom. The Balaban J connectivity index is 2.21. The molecule has 0 saturated heterocycles. The molecular weight excluding hydrogens is 236 g/mol. The van der Waals surface area contributed by atoms with Crippen LogP contribution in [0.3, 0.4) is 0 Å². The minimum absolute atomic E-state index is 0.293. The maximum atomic E-state index is 9.68. The fraction of sp³-hybridized carbons (Fsp3) is 0.438. The quantitative estimate of drug-likeness (QED) is 0.839. The maximum Gasteiger partial charge on any atom is 0.122 e. The molecule has 3 nitrogen and oxygen atoms in total. The van der Waals surface area contributed by atoms with E-state index in [4.69, 9.17) is 4.74 Å². The fourth-order valence-corrected chi connectivity index (χ4v) is 3.29. The highest BCUT2D eigenvalue weighted by Crippen LogP contribution is 2.43. The van der Waals surface area contributed by atoms with Crippen LogP contribution in [-0.2, 0) is 16.9 Å². The molecule has 1 saturated carbocycles. The number of benzene rings is 1. The largest absolute Gasteiger partial charge is 0.364 e. The standard InChI is InChI=1S/C16H18N2O/c1-19-12-18-10-14(13-6-2-3-7-15(13)18)16(11-17)8-4-5-9-16/h2-3,6-7,10H,4-5,8-9,12H2,1H3. The van der Waals surface area contributed by atoms with Crippen LogP contribution in [0, 0.1) is 11.3 Å². The Kier molecular flexibility index (Phi) is 3.04. The lowest BCUT2D eigenvalue weighted by molar-refractivity contribution is 0.134. The second-order valence-corrected chi connectivity index (χ2v) is 5.35. The first-order valence-corrected chi connectivity index (χ1v) is 6.79. The highest BCUT2D eigenvalue weighted by atomic mass is 16.5. The van der Waals surface area contributed by atoms with E-state index in [1.54, 1.807) is 7.11 Å². The summed E-state index contributed by atoms with van der Waals surface area (Å²) in [6.07, 6.45) is 6.37. The number of ether oxygens (including phenoxy) is 1. The number of nitriles is 1. The first-order valence-electron chi connectivity index (χ1n) is 6.79. The van der Waals surface area contributed by atoms with Crippen molar-refractivity contribution in [3.05, 3.63) is 36.0 Å². The van der Waals surface area contributed by atoms with Crippen molar-refractivity contribution in [3.8, 4) is 6.07 Å². The van der Waals surface area contributed by atoms with Crippen LogP contribution in [0.15, 0.2) is 30.5 Å². The van der Waals surface area contributed by atoms with Crippen LogP contribution in [0.1, 0.15) is 31.2 Å². The molecule has 1 aromatic heterocycles. The van der Waals surface area contributed by atoms with Gasteiger partial charge >= 0.3 is 0 Å². The zero-order valence-corrected chi connectivity index (χ0v) is 11.2. The van der Waals surface area contributed by atoms with Crippen molar-refractivity contribution in [1.82, 2.24) is 4.57 Å². The van der Waals surface area contributed by atoms with E-state index in [2.05, 4.69) is 29.0 Å². The van der Waals surface area contributed by atoms with Gasteiger partial charge in [0.1, 0.15) is 6.73 Å². The van der Waals surface area contributed by atoms with Crippen molar-refractivity contribution < 1.29 is 4.74 Å². The molecule has 1 heterocycles. The van der Waals surface area contributed by atoms with Crippen molar-refractivity contribution in [2.24, 2.45) is 0 Å². The summed E-state index contributed by atoms with van der Waals surface area (Å²) in [5.74, 6) is 0. The molecule has 3 rings (SSSR count). The second-order valence-electron chi connectivity index (χ2n) is 5.35. The van der Waals surface area contributed by atoms with E-state index in [-0.39, 0.29) is 5.41 Å². The molecule has 0 atom stereocenters. The summed E-state index contributed by atoms with van der Waals surface area (Å²) in [6.45, 7) is 0.530. The molecular formula is C16H18N2O. The Labute approximate surface area is 113 Å². The number of fused-ring (bicyclic) bond motifs is 1. The number of para-hydroxylation sites is 1. The molecule has 1 fully saturated rings. The lowest BCUT2D eigenvalue weighted by Crippen LogP contribution is -2.18. The molecule has 98 valence electrons. The minimum Gasteiger partial charge on any atom is -0.364 e. The van der Waals surface area contributed by atoms with Crippen LogP contribution in [0.25, 0.3) is 10.9 Å². The third-order valence-corrected chi connectivity index (χ3v) is 4.24. The zero-order valence-electron chi connectivity index (χ0n) is 11.2. The van der Waals surface area contributed by atoms with Crippen LogP contribution in [0.2, 0.25) is 0 Å². The third kappa shape index (κ3) is 1.84. The molecule has 0 bridgehead atoms. The highest BCUT2D eigenvalue weighted by molar-refractivity contribution is 5.85. The molecule has 1 aliphatic rings. The fourth-order valence-electron chi connectivity index (χ4n) is 3.29. The van der Waals surface area contributed by atoms with E-state index in [0.29, 0.717) is 6.73 Å². The lowest BCUT2D eigenvalue weighted by atomic mass is 9.80. The zero-order chi connectivity index (χ0) is 13.3. The van der Waals surface area contributed by atoms with Crippen molar-refractivity contribution in [3.63, 3.8) is 0 Å². The summed E-state index contributed by atoms with van der Waals surface area (Å²) in [4.78, 5) is 0. The van der Waals surface area contributed by atoms with Gasteiger partial charge in [-0.3, -0.25) is 0 Å². The number of methoxy groups -OCH3 is 1. The van der Waals surface area contributed by atoms with Crippen LogP contribution < -0.4 is 0 Å². The Morgan fingerprint density at radius 3 is 2.74 bits per heavy atom. The van der Waals surface area contributed by atoms with E-state index >= 15 is 0 Å². The van der Waals surface area contributed by atoms with Gasteiger partial charge in [-0.2, -0.15) is 5.26 Å². The van der Waals surface area contributed by atoms with Gasteiger partial charge in [-0.05, 0) is 24.5 Å². The normalized spacial score (nSPS) is 17.7. The third-order valence-electron chi connectivity index (χ3n) is 4.24. The van der Waals surface area contributed by atoms with Gasteiger partial charge in [-0.1, -0.05) is 31.0 Å². The molecule has 1 aromatic carbocycles. The predicted octanol–water partition coefficient (Wildman–Crippen LogP) is 3.58. The van der Waals surface area contributed by atoms with E-state index in [0.717, 1.165) is 31.2 Å². The summed E-state index contributed by atoms with van der Waals surface area (Å²) < 4.78 is 7.36. The predicted molar refractivity (Wildman–Crippen MR) is 74.7 cm³/mol. The molecule has 0 spiro atoms. The van der Waals surface area contributed by atoms with Crippen molar-refractivity contribution >= 4 is 10.9 Å². The van der Waals surface area contributed by atoms with Gasteiger partial charge in [0.15, 0.2) is 0 Å². The highest BCUT2D eigenvalue weighted by Gasteiger charge is 2.38. The summed E-state index contributed by atoms with van der Waals surface area (Å²) in [5, 5.41) is 10.9. The lowest BCUT2D eigenvalue weighted by Gasteiger charge is -2.19. The summed E-state index contributed by atoms with van der Waals surface area (Å²) in [6, 6.07) is 10.9. The Morgan fingerprint density at radius 1 is 1.32 bits per heavy atom. The smallest absolute Gasteiger partial charge is 0.122 e. The van der Waals surface area contributed by atoms with Gasteiger partial charge in [-0.25, -0.2) is 0 Å². The minimum atomic E-state index is -0.293. The van der Waals surface area contributed by atoms with Crippen LogP contribution in [0.4, 0.5) is 0 Å². The molecule has 19 heavy (non-hydrogen) atoms. The number of hydrogen-bond acceptors (Lipinski definition) is 2. The molecule has 0 aliphatic heterocycles. The van der Waals surface area contributed by atoms with Crippen molar-refractivity contribution in [2.45, 2.75) is 37.8 Å². The van der Waals surface area contributed by atoms with Crippen molar-refractivity contribution in [2.75, 3.05) is 7.11 Å². The van der Waals surface area contributed by atoms with Gasteiger partial charge in [0, 0.05) is 18.7 Å². The van der Waals surface area contributed by atoms with Crippen LogP contribution in [0.5, 0.6) is 0 Å². The van der Waals surface area contributed by atoms with Crippen molar-refractivity contribution in [1.29, 1.82) is 5.26 Å². The number of aromatic nitrogens is 1. The SMILES string of the molecule is COCn1cc(C2(C#N)CCCC2)c2ccccc21. The monoisotopic (exact) mass is 254 g/mol. The molecule has 0 N–H and O–H groups in total. The molecule has 0 amide bonds. The van der Waals surface area contributed by atoms with Crippen LogP contribution in [-0.4, -0.2) is 11.7 Å². The molecule has 1 aliphatic carbocycles. The van der Waals surface area contributed by atoms with E-state index < -0.39 is 0 Å². The maximum absolute atomic E-state index is 9.68. The van der Waals surface area contributed by atoms with Gasteiger partial charge < -0.3 is 9.30 Å². The van der Waals surface area contributed by atoms with Gasteiger partial charge in [0.05, 0.1) is 17.0 Å². The summed E-state index contributed by atoms with van der Waals surface area (Å²) in [5.41, 5.74) is 2.04. The molecule has 0 unspecified atom stereocenters. The van der Waals surface area contributed by atoms with Crippen LogP contribution >= 0.6 is 0 Å². The van der Waals surface area contributed by atoms with Gasteiger partial charge in [0.25, 0.3) is 0 Å². The average Bonchev–Trinajstić information content (AvgIpc) is 3.05. The van der Waals surface area contributed by atoms with E-state index in [9.17, 15) is 5.26 Å². The first kappa shape index (κ1) is 12.3.